The standard InChI is InChI=1S/C14H18FN5/c1-2-16-8-11-7-12(15)3-4-13(11)19-5-6-20-10-17-18-14(20)9-19/h3-4,7,10,16H,2,5-6,8-9H2,1H3. The van der Waals surface area contributed by atoms with Crippen molar-refractivity contribution >= 4 is 5.69 Å². The highest BCUT2D eigenvalue weighted by Gasteiger charge is 2.19. The van der Waals surface area contributed by atoms with E-state index in [1.807, 2.05) is 13.0 Å². The van der Waals surface area contributed by atoms with Gasteiger partial charge in [0.2, 0.25) is 0 Å². The summed E-state index contributed by atoms with van der Waals surface area (Å²) in [6.07, 6.45) is 1.76. The topological polar surface area (TPSA) is 46.0 Å². The first-order chi connectivity index (χ1) is 9.78. The third kappa shape index (κ3) is 2.51. The summed E-state index contributed by atoms with van der Waals surface area (Å²) in [4.78, 5) is 2.23. The highest BCUT2D eigenvalue weighted by Crippen LogP contribution is 2.25. The number of aromatic nitrogens is 3. The lowest BCUT2D eigenvalue weighted by Crippen LogP contribution is -2.34. The van der Waals surface area contributed by atoms with Crippen molar-refractivity contribution in [3.05, 3.63) is 41.7 Å². The fourth-order valence-electron chi connectivity index (χ4n) is 2.54. The third-order valence-corrected chi connectivity index (χ3v) is 3.59. The van der Waals surface area contributed by atoms with E-state index in [-0.39, 0.29) is 5.82 Å². The minimum absolute atomic E-state index is 0.193. The molecule has 106 valence electrons. The summed E-state index contributed by atoms with van der Waals surface area (Å²) >= 11 is 0. The maximum absolute atomic E-state index is 13.5. The fourth-order valence-corrected chi connectivity index (χ4v) is 2.54. The van der Waals surface area contributed by atoms with Gasteiger partial charge in [0.05, 0.1) is 6.54 Å². The van der Waals surface area contributed by atoms with Crippen molar-refractivity contribution in [3.63, 3.8) is 0 Å². The summed E-state index contributed by atoms with van der Waals surface area (Å²) < 4.78 is 15.5. The SMILES string of the molecule is CCNCc1cc(F)ccc1N1CCn2cnnc2C1. The summed E-state index contributed by atoms with van der Waals surface area (Å²) in [5, 5.41) is 11.3. The van der Waals surface area contributed by atoms with Crippen LogP contribution in [-0.2, 0) is 19.6 Å². The summed E-state index contributed by atoms with van der Waals surface area (Å²) in [6, 6.07) is 4.98. The summed E-state index contributed by atoms with van der Waals surface area (Å²) in [6.45, 7) is 6.04. The van der Waals surface area contributed by atoms with Gasteiger partial charge in [0.25, 0.3) is 0 Å². The van der Waals surface area contributed by atoms with Crippen LogP contribution in [-0.4, -0.2) is 27.9 Å². The molecule has 0 unspecified atom stereocenters. The Bertz CT molecular complexity index is 595. The Morgan fingerprint density at radius 2 is 2.25 bits per heavy atom. The fraction of sp³-hybridized carbons (Fsp3) is 0.429. The van der Waals surface area contributed by atoms with Crippen LogP contribution in [0.3, 0.4) is 0 Å². The Hall–Kier alpha value is -1.95. The van der Waals surface area contributed by atoms with Gasteiger partial charge in [0, 0.05) is 25.3 Å². The van der Waals surface area contributed by atoms with Gasteiger partial charge in [-0.05, 0) is 30.3 Å². The van der Waals surface area contributed by atoms with E-state index in [0.717, 1.165) is 36.7 Å². The minimum Gasteiger partial charge on any atom is -0.362 e. The first-order valence-electron chi connectivity index (χ1n) is 6.88. The molecule has 6 heteroatoms. The van der Waals surface area contributed by atoms with Crippen LogP contribution >= 0.6 is 0 Å². The van der Waals surface area contributed by atoms with E-state index >= 15 is 0 Å². The van der Waals surface area contributed by atoms with E-state index in [9.17, 15) is 4.39 Å². The predicted molar refractivity (Wildman–Crippen MR) is 74.9 cm³/mol. The van der Waals surface area contributed by atoms with Crippen LogP contribution in [0, 0.1) is 5.82 Å². The Morgan fingerprint density at radius 3 is 3.10 bits per heavy atom. The van der Waals surface area contributed by atoms with Gasteiger partial charge in [-0.25, -0.2) is 4.39 Å². The zero-order chi connectivity index (χ0) is 13.9. The molecule has 0 fully saturated rings. The molecule has 1 aliphatic rings. The molecule has 5 nitrogen and oxygen atoms in total. The Morgan fingerprint density at radius 1 is 1.35 bits per heavy atom. The molecule has 0 radical (unpaired) electrons. The van der Waals surface area contributed by atoms with E-state index in [4.69, 9.17) is 0 Å². The highest BCUT2D eigenvalue weighted by atomic mass is 19.1. The molecule has 0 bridgehead atoms. The maximum atomic E-state index is 13.5. The van der Waals surface area contributed by atoms with Gasteiger partial charge in [-0.15, -0.1) is 10.2 Å². The lowest BCUT2D eigenvalue weighted by atomic mass is 10.1. The average molecular weight is 275 g/mol. The van der Waals surface area contributed by atoms with Gasteiger partial charge in [-0.1, -0.05) is 6.92 Å². The molecule has 2 aromatic rings. The van der Waals surface area contributed by atoms with Crippen LogP contribution in [0.5, 0.6) is 0 Å². The molecule has 1 N–H and O–H groups in total. The molecule has 1 aromatic heterocycles. The van der Waals surface area contributed by atoms with Crippen molar-refractivity contribution < 1.29 is 4.39 Å². The quantitative estimate of drug-likeness (QED) is 0.919. The van der Waals surface area contributed by atoms with Crippen molar-refractivity contribution in [2.75, 3.05) is 18.0 Å². The summed E-state index contributed by atoms with van der Waals surface area (Å²) in [7, 11) is 0. The van der Waals surface area contributed by atoms with Crippen LogP contribution in [0.15, 0.2) is 24.5 Å². The van der Waals surface area contributed by atoms with Crippen LogP contribution < -0.4 is 10.2 Å². The normalized spacial score (nSPS) is 14.4. The molecule has 20 heavy (non-hydrogen) atoms. The smallest absolute Gasteiger partial charge is 0.152 e. The molecule has 0 aliphatic carbocycles. The summed E-state index contributed by atoms with van der Waals surface area (Å²) in [5.74, 6) is 0.761. The van der Waals surface area contributed by atoms with Gasteiger partial charge in [0.1, 0.15) is 12.1 Å². The van der Waals surface area contributed by atoms with Gasteiger partial charge < -0.3 is 14.8 Å². The Balaban J connectivity index is 1.86. The van der Waals surface area contributed by atoms with E-state index in [2.05, 4.69) is 25.0 Å². The largest absolute Gasteiger partial charge is 0.362 e. The number of halogens is 1. The number of hydrogen-bond acceptors (Lipinski definition) is 4. The maximum Gasteiger partial charge on any atom is 0.152 e. The predicted octanol–water partition coefficient (Wildman–Crippen LogP) is 1.55. The van der Waals surface area contributed by atoms with Gasteiger partial charge in [-0.3, -0.25) is 0 Å². The van der Waals surface area contributed by atoms with Gasteiger partial charge in [-0.2, -0.15) is 0 Å². The monoisotopic (exact) mass is 275 g/mol. The van der Waals surface area contributed by atoms with Crippen molar-refractivity contribution in [3.8, 4) is 0 Å². The third-order valence-electron chi connectivity index (χ3n) is 3.59. The number of anilines is 1. The molecule has 0 saturated heterocycles. The van der Waals surface area contributed by atoms with E-state index in [1.165, 1.54) is 6.07 Å². The van der Waals surface area contributed by atoms with Crippen molar-refractivity contribution in [1.82, 2.24) is 20.1 Å². The molecule has 2 heterocycles. The van der Waals surface area contributed by atoms with E-state index < -0.39 is 0 Å². The van der Waals surface area contributed by atoms with Gasteiger partial charge >= 0.3 is 0 Å². The molecule has 0 amide bonds. The number of nitrogens with one attached hydrogen (secondary N) is 1. The number of benzene rings is 1. The molecule has 0 atom stereocenters. The van der Waals surface area contributed by atoms with Gasteiger partial charge in [0.15, 0.2) is 5.82 Å². The number of hydrogen-bond donors (Lipinski definition) is 1. The zero-order valence-corrected chi connectivity index (χ0v) is 11.5. The molecule has 3 rings (SSSR count). The lowest BCUT2D eigenvalue weighted by Gasteiger charge is -2.30. The molecule has 0 saturated carbocycles. The van der Waals surface area contributed by atoms with E-state index in [0.29, 0.717) is 13.1 Å². The minimum atomic E-state index is -0.193. The van der Waals surface area contributed by atoms with Crippen LogP contribution in [0.25, 0.3) is 0 Å². The number of nitrogens with zero attached hydrogens (tertiary/aromatic N) is 4. The zero-order valence-electron chi connectivity index (χ0n) is 11.5. The first-order valence-corrected chi connectivity index (χ1v) is 6.88. The number of rotatable bonds is 4. The molecule has 1 aliphatic heterocycles. The molecule has 0 spiro atoms. The molecule has 1 aromatic carbocycles. The Labute approximate surface area is 117 Å². The average Bonchev–Trinajstić information content (AvgIpc) is 2.92. The van der Waals surface area contributed by atoms with Crippen molar-refractivity contribution in [1.29, 1.82) is 0 Å². The van der Waals surface area contributed by atoms with Crippen molar-refractivity contribution in [2.24, 2.45) is 0 Å². The Kier molecular flexibility index (Phi) is 3.64. The first kappa shape index (κ1) is 13.1. The van der Waals surface area contributed by atoms with Crippen LogP contribution in [0.1, 0.15) is 18.3 Å². The summed E-state index contributed by atoms with van der Waals surface area (Å²) in [5.41, 5.74) is 2.06. The lowest BCUT2D eigenvalue weighted by molar-refractivity contribution is 0.556. The van der Waals surface area contributed by atoms with Crippen LogP contribution in [0.4, 0.5) is 10.1 Å². The second kappa shape index (κ2) is 5.58. The van der Waals surface area contributed by atoms with E-state index in [1.54, 1.807) is 12.4 Å². The number of fused-ring (bicyclic) bond motifs is 1. The second-order valence-electron chi connectivity index (χ2n) is 4.92. The molecular formula is C14H18FN5. The van der Waals surface area contributed by atoms with Crippen molar-refractivity contribution in [2.45, 2.75) is 26.6 Å². The second-order valence-corrected chi connectivity index (χ2v) is 4.92. The molecular weight excluding hydrogens is 257 g/mol. The van der Waals surface area contributed by atoms with Crippen LogP contribution in [0.2, 0.25) is 0 Å². The highest BCUT2D eigenvalue weighted by molar-refractivity contribution is 5.54.